The quantitative estimate of drug-likeness (QED) is 0.244. The molecule has 1 unspecified atom stereocenters. The summed E-state index contributed by atoms with van der Waals surface area (Å²) in [4.78, 5) is 16.9. The van der Waals surface area contributed by atoms with E-state index in [9.17, 15) is 4.79 Å². The molecule has 1 atom stereocenters. The minimum Gasteiger partial charge on any atom is -0.490 e. The Bertz CT molecular complexity index is 1460. The first-order valence-electron chi connectivity index (χ1n) is 12.9. The zero-order valence-electron chi connectivity index (χ0n) is 22.2. The largest absolute Gasteiger partial charge is 0.490 e. The van der Waals surface area contributed by atoms with Crippen LogP contribution in [0.2, 0.25) is 0 Å². The van der Waals surface area contributed by atoms with E-state index >= 15 is 0 Å². The van der Waals surface area contributed by atoms with Crippen LogP contribution in [-0.4, -0.2) is 40.2 Å². The minimum atomic E-state index is -0.450. The lowest BCUT2D eigenvalue weighted by molar-refractivity contribution is -0.114. The standard InChI is InChI=1S/C31H30N4O3S/c1-4-21(3)23-11-15-26(16-12-23)38-18-17-37-25-13-7-22(8-14-25)19-27-28(32)35-31(33-29(27)36)39-30(34-35)24-9-5-20(2)6-10-24/h5-16,19,21,32H,4,17-18H2,1-3H3/b27-19+,32-28?. The first-order chi connectivity index (χ1) is 18.9. The highest BCUT2D eigenvalue weighted by atomic mass is 32.2. The predicted octanol–water partition coefficient (Wildman–Crippen LogP) is 6.63. The monoisotopic (exact) mass is 538 g/mol. The van der Waals surface area contributed by atoms with Crippen molar-refractivity contribution in [1.82, 2.24) is 5.01 Å². The lowest BCUT2D eigenvalue weighted by atomic mass is 9.99. The van der Waals surface area contributed by atoms with Crippen molar-refractivity contribution < 1.29 is 14.3 Å². The molecule has 1 N–H and O–H groups in total. The molecule has 1 amide bonds. The molecule has 0 spiro atoms. The van der Waals surface area contributed by atoms with Crippen LogP contribution in [0.1, 0.15) is 48.4 Å². The van der Waals surface area contributed by atoms with E-state index in [1.54, 1.807) is 6.08 Å². The van der Waals surface area contributed by atoms with Gasteiger partial charge in [-0.3, -0.25) is 10.2 Å². The van der Waals surface area contributed by atoms with Gasteiger partial charge in [-0.15, -0.1) is 0 Å². The first-order valence-corrected chi connectivity index (χ1v) is 13.8. The fourth-order valence-corrected chi connectivity index (χ4v) is 4.98. The second-order valence-electron chi connectivity index (χ2n) is 9.44. The number of carbonyl (C=O) groups is 1. The van der Waals surface area contributed by atoms with Gasteiger partial charge in [-0.25, -0.2) is 0 Å². The van der Waals surface area contributed by atoms with E-state index < -0.39 is 5.91 Å². The van der Waals surface area contributed by atoms with Crippen molar-refractivity contribution in [2.45, 2.75) is 33.1 Å². The third-order valence-corrected chi connectivity index (χ3v) is 7.58. The molecule has 2 heterocycles. The average molecular weight is 539 g/mol. The van der Waals surface area contributed by atoms with Crippen LogP contribution < -0.4 is 9.47 Å². The van der Waals surface area contributed by atoms with Gasteiger partial charge >= 0.3 is 0 Å². The Morgan fingerprint density at radius 2 is 1.56 bits per heavy atom. The van der Waals surface area contributed by atoms with Crippen LogP contribution in [-0.2, 0) is 4.79 Å². The Labute approximate surface area is 232 Å². The fourth-order valence-electron chi connectivity index (χ4n) is 4.08. The van der Waals surface area contributed by atoms with Gasteiger partial charge in [-0.05, 0) is 72.5 Å². The molecular weight excluding hydrogens is 508 g/mol. The summed E-state index contributed by atoms with van der Waals surface area (Å²) in [6.45, 7) is 7.26. The normalized spacial score (nSPS) is 16.6. The molecule has 198 valence electrons. The van der Waals surface area contributed by atoms with Gasteiger partial charge < -0.3 is 9.47 Å². The van der Waals surface area contributed by atoms with Crippen molar-refractivity contribution in [2.24, 2.45) is 10.1 Å². The van der Waals surface area contributed by atoms with Crippen LogP contribution in [0.25, 0.3) is 6.08 Å². The maximum absolute atomic E-state index is 12.7. The number of benzene rings is 3. The third kappa shape index (κ3) is 6.12. The molecule has 0 aliphatic carbocycles. The molecule has 8 heteroatoms. The number of nitrogens with one attached hydrogen (secondary N) is 1. The van der Waals surface area contributed by atoms with Crippen molar-refractivity contribution in [3.63, 3.8) is 0 Å². The molecule has 2 aliphatic heterocycles. The molecule has 0 bridgehead atoms. The van der Waals surface area contributed by atoms with E-state index in [0.717, 1.165) is 28.9 Å². The molecule has 0 fully saturated rings. The molecule has 39 heavy (non-hydrogen) atoms. The SMILES string of the molecule is CCC(C)c1ccc(OCCOc2ccc(/C=C3\C(=N)N4N=C(c5ccc(C)cc5)SC4=NC3=O)cc2)cc1. The number of hydrogen-bond donors (Lipinski definition) is 1. The molecule has 0 radical (unpaired) electrons. The molecule has 7 nitrogen and oxygen atoms in total. The van der Waals surface area contributed by atoms with Gasteiger partial charge in [0.15, 0.2) is 5.84 Å². The Hall–Kier alpha value is -4.17. The Balaban J connectivity index is 1.17. The summed E-state index contributed by atoms with van der Waals surface area (Å²) in [5, 5.41) is 15.7. The number of rotatable bonds is 9. The number of carbonyl (C=O) groups excluding carboxylic acids is 1. The number of aryl methyl sites for hydroxylation is 1. The van der Waals surface area contributed by atoms with Crippen LogP contribution >= 0.6 is 11.8 Å². The third-order valence-electron chi connectivity index (χ3n) is 6.63. The molecule has 3 aromatic rings. The maximum atomic E-state index is 12.7. The Kier molecular flexibility index (Phi) is 7.93. The van der Waals surface area contributed by atoms with E-state index in [4.69, 9.17) is 14.9 Å². The van der Waals surface area contributed by atoms with Gasteiger partial charge in [0.05, 0.1) is 5.57 Å². The van der Waals surface area contributed by atoms with Gasteiger partial charge in [0.25, 0.3) is 5.91 Å². The van der Waals surface area contributed by atoms with Gasteiger partial charge in [0, 0.05) is 5.56 Å². The van der Waals surface area contributed by atoms with Crippen LogP contribution in [0.4, 0.5) is 0 Å². The highest BCUT2D eigenvalue weighted by Crippen LogP contribution is 2.31. The number of amidine groups is 2. The number of thioether (sulfide) groups is 1. The summed E-state index contributed by atoms with van der Waals surface area (Å²) < 4.78 is 11.6. The summed E-state index contributed by atoms with van der Waals surface area (Å²) in [6.07, 6.45) is 2.77. The molecule has 5 rings (SSSR count). The maximum Gasteiger partial charge on any atom is 0.283 e. The number of aliphatic imine (C=N–C) groups is 1. The van der Waals surface area contributed by atoms with Crippen molar-refractivity contribution >= 4 is 39.8 Å². The van der Waals surface area contributed by atoms with Crippen molar-refractivity contribution in [3.8, 4) is 11.5 Å². The van der Waals surface area contributed by atoms with E-state index in [2.05, 4.69) is 36.1 Å². The second-order valence-corrected chi connectivity index (χ2v) is 10.4. The zero-order valence-corrected chi connectivity index (χ0v) is 23.0. The van der Waals surface area contributed by atoms with Gasteiger partial charge in [-0.2, -0.15) is 15.1 Å². The van der Waals surface area contributed by atoms with Crippen molar-refractivity contribution in [1.29, 1.82) is 5.41 Å². The molecule has 3 aromatic carbocycles. The number of amides is 1. The molecule has 0 aromatic heterocycles. The van der Waals surface area contributed by atoms with Crippen molar-refractivity contribution in [2.75, 3.05) is 13.2 Å². The number of ether oxygens (including phenoxy) is 2. The van der Waals surface area contributed by atoms with Crippen LogP contribution in [0.5, 0.6) is 11.5 Å². The van der Waals surface area contributed by atoms with E-state index in [-0.39, 0.29) is 11.4 Å². The van der Waals surface area contributed by atoms with E-state index in [1.165, 1.54) is 22.3 Å². The predicted molar refractivity (Wildman–Crippen MR) is 158 cm³/mol. The first kappa shape index (κ1) is 26.4. The van der Waals surface area contributed by atoms with E-state index in [1.807, 2.05) is 67.6 Å². The topological polar surface area (TPSA) is 87.3 Å². The van der Waals surface area contributed by atoms with Crippen LogP contribution in [0.15, 0.2) is 88.5 Å². The summed E-state index contributed by atoms with van der Waals surface area (Å²) >= 11 is 1.29. The van der Waals surface area contributed by atoms with Crippen LogP contribution in [0.3, 0.4) is 0 Å². The molecule has 2 aliphatic rings. The lowest BCUT2D eigenvalue weighted by Gasteiger charge is -2.20. The van der Waals surface area contributed by atoms with E-state index in [0.29, 0.717) is 35.1 Å². The fraction of sp³-hybridized carbons (Fsp3) is 0.226. The molecular formula is C31H30N4O3S. The molecule has 0 saturated carbocycles. The Morgan fingerprint density at radius 3 is 2.18 bits per heavy atom. The van der Waals surface area contributed by atoms with Crippen molar-refractivity contribution in [3.05, 3.63) is 101 Å². The number of nitrogens with zero attached hydrogens (tertiary/aromatic N) is 3. The van der Waals surface area contributed by atoms with Gasteiger partial charge in [0.1, 0.15) is 29.8 Å². The highest BCUT2D eigenvalue weighted by Gasteiger charge is 2.36. The number of hydrogen-bond acceptors (Lipinski definition) is 6. The van der Waals surface area contributed by atoms with Gasteiger partial charge in [0.2, 0.25) is 5.17 Å². The van der Waals surface area contributed by atoms with Gasteiger partial charge in [-0.1, -0.05) is 67.9 Å². The summed E-state index contributed by atoms with van der Waals surface area (Å²) in [5.74, 6) is 1.62. The highest BCUT2D eigenvalue weighted by molar-refractivity contribution is 8.27. The zero-order chi connectivity index (χ0) is 27.4. The second kappa shape index (κ2) is 11.7. The summed E-state index contributed by atoms with van der Waals surface area (Å²) in [7, 11) is 0. The average Bonchev–Trinajstić information content (AvgIpc) is 3.38. The number of hydrazone groups is 1. The summed E-state index contributed by atoms with van der Waals surface area (Å²) in [6, 6.07) is 23.5. The van der Waals surface area contributed by atoms with Crippen LogP contribution in [0, 0.1) is 12.3 Å². The summed E-state index contributed by atoms with van der Waals surface area (Å²) in [5.41, 5.74) is 4.34. The molecule has 0 saturated heterocycles. The smallest absolute Gasteiger partial charge is 0.283 e. The lowest BCUT2D eigenvalue weighted by Crippen LogP contribution is -2.35. The number of fused-ring (bicyclic) bond motifs is 1. The minimum absolute atomic E-state index is 0.00858. The Morgan fingerprint density at radius 1 is 0.949 bits per heavy atom.